The van der Waals surface area contributed by atoms with Gasteiger partial charge in [-0.25, -0.2) is 4.98 Å². The zero-order valence-electron chi connectivity index (χ0n) is 18.0. The van der Waals surface area contributed by atoms with Gasteiger partial charge in [0.25, 0.3) is 5.56 Å². The van der Waals surface area contributed by atoms with Crippen LogP contribution in [0.15, 0.2) is 65.5 Å². The first-order chi connectivity index (χ1) is 16.0. The van der Waals surface area contributed by atoms with Crippen LogP contribution in [-0.2, 0) is 11.2 Å². The fraction of sp³-hybridized carbons (Fsp3) is 0.269. The average Bonchev–Trinajstić information content (AvgIpc) is 3.45. The highest BCUT2D eigenvalue weighted by Gasteiger charge is 2.50. The molecule has 164 valence electrons. The predicted octanol–water partition coefficient (Wildman–Crippen LogP) is 3.86. The van der Waals surface area contributed by atoms with Crippen molar-refractivity contribution in [1.82, 2.24) is 19.6 Å². The molecule has 0 aliphatic heterocycles. The first-order valence-corrected chi connectivity index (χ1v) is 11.3. The average molecular weight is 438 g/mol. The Bertz CT molecular complexity index is 1510. The number of aliphatic carboxylic acids is 1. The zero-order chi connectivity index (χ0) is 22.7. The molecule has 2 bridgehead atoms. The summed E-state index contributed by atoms with van der Waals surface area (Å²) in [5.41, 5.74) is 2.76. The van der Waals surface area contributed by atoms with Crippen LogP contribution >= 0.6 is 0 Å². The predicted molar refractivity (Wildman–Crippen MR) is 124 cm³/mol. The van der Waals surface area contributed by atoms with Crippen molar-refractivity contribution in [3.8, 4) is 11.3 Å². The fourth-order valence-corrected chi connectivity index (χ4v) is 5.46. The lowest BCUT2D eigenvalue weighted by Gasteiger charge is -2.25. The molecular weight excluding hydrogens is 416 g/mol. The van der Waals surface area contributed by atoms with Gasteiger partial charge in [0.15, 0.2) is 11.3 Å². The van der Waals surface area contributed by atoms with Crippen LogP contribution in [0.5, 0.6) is 0 Å². The van der Waals surface area contributed by atoms with Crippen LogP contribution in [0.25, 0.3) is 27.8 Å². The van der Waals surface area contributed by atoms with Crippen LogP contribution in [0.4, 0.5) is 0 Å². The summed E-state index contributed by atoms with van der Waals surface area (Å²) in [7, 11) is 0. The minimum Gasteiger partial charge on any atom is -0.481 e. The van der Waals surface area contributed by atoms with Gasteiger partial charge in [-0.2, -0.15) is 14.6 Å². The molecular formula is C26H22N4O3. The summed E-state index contributed by atoms with van der Waals surface area (Å²) >= 11 is 0. The molecule has 2 aromatic heterocycles. The number of aryl methyl sites for hydroxylation is 1. The molecule has 4 aromatic rings. The van der Waals surface area contributed by atoms with Crippen molar-refractivity contribution in [2.45, 2.75) is 25.7 Å². The van der Waals surface area contributed by atoms with Crippen molar-refractivity contribution in [3.05, 3.63) is 82.4 Å². The van der Waals surface area contributed by atoms with E-state index in [2.05, 4.69) is 18.0 Å². The number of benzene rings is 2. The minimum absolute atomic E-state index is 0.0192. The molecule has 7 nitrogen and oxygen atoms in total. The summed E-state index contributed by atoms with van der Waals surface area (Å²) in [5, 5.41) is 15.5. The van der Waals surface area contributed by atoms with E-state index in [9.17, 15) is 14.7 Å². The second-order valence-electron chi connectivity index (χ2n) is 8.88. The number of para-hydroxylation sites is 1. The third-order valence-corrected chi connectivity index (χ3v) is 7.09. The molecule has 4 atom stereocenters. The molecule has 0 amide bonds. The Balaban J connectivity index is 1.64. The minimum atomic E-state index is -0.829. The van der Waals surface area contributed by atoms with Gasteiger partial charge in [0.1, 0.15) is 5.82 Å². The Morgan fingerprint density at radius 1 is 1.06 bits per heavy atom. The van der Waals surface area contributed by atoms with Gasteiger partial charge >= 0.3 is 5.97 Å². The Morgan fingerprint density at radius 2 is 1.82 bits per heavy atom. The second kappa shape index (κ2) is 7.33. The quantitative estimate of drug-likeness (QED) is 0.384. The third-order valence-electron chi connectivity index (χ3n) is 7.09. The lowest BCUT2D eigenvalue weighted by Crippen LogP contribution is -2.29. The number of rotatable bonds is 4. The number of carboxylic acids is 1. The van der Waals surface area contributed by atoms with E-state index in [4.69, 9.17) is 10.1 Å². The Kier molecular flexibility index (Phi) is 4.40. The lowest BCUT2D eigenvalue weighted by molar-refractivity contribution is -0.143. The van der Waals surface area contributed by atoms with E-state index >= 15 is 0 Å². The molecule has 33 heavy (non-hydrogen) atoms. The van der Waals surface area contributed by atoms with E-state index in [-0.39, 0.29) is 23.4 Å². The standard InChI is InChI=1S/C26H22N4O3/c1-2-14-7-9-15(10-8-14)22-25(31)28-23-18-5-3-4-6-19(18)27-24(30(23)29-22)20-16-11-12-17(13-16)21(20)26(32)33/h3-12,16-17,20-21H,2,13H2,1H3,(H,32,33)/t16-,17-,20+,21-/m0/s1. The summed E-state index contributed by atoms with van der Waals surface area (Å²) in [6.45, 7) is 2.07. The molecule has 1 saturated carbocycles. The summed E-state index contributed by atoms with van der Waals surface area (Å²) in [6.07, 6.45) is 5.79. The molecule has 1 N–H and O–H groups in total. The maximum atomic E-state index is 13.1. The van der Waals surface area contributed by atoms with Crippen LogP contribution in [0.1, 0.15) is 30.7 Å². The van der Waals surface area contributed by atoms with Crippen LogP contribution in [0.3, 0.4) is 0 Å². The van der Waals surface area contributed by atoms with Crippen molar-refractivity contribution in [2.24, 2.45) is 17.8 Å². The number of aromatic nitrogens is 4. The first-order valence-electron chi connectivity index (χ1n) is 11.3. The summed E-state index contributed by atoms with van der Waals surface area (Å²) < 4.78 is 1.61. The van der Waals surface area contributed by atoms with Gasteiger partial charge in [0.2, 0.25) is 0 Å². The van der Waals surface area contributed by atoms with E-state index in [0.717, 1.165) is 12.8 Å². The number of carbonyl (C=O) groups is 1. The number of fused-ring (bicyclic) bond motifs is 5. The van der Waals surface area contributed by atoms with Gasteiger partial charge < -0.3 is 5.11 Å². The van der Waals surface area contributed by atoms with E-state index < -0.39 is 17.4 Å². The molecule has 1 fully saturated rings. The fourth-order valence-electron chi connectivity index (χ4n) is 5.46. The molecule has 0 radical (unpaired) electrons. The van der Waals surface area contributed by atoms with Crippen molar-refractivity contribution in [2.75, 3.05) is 0 Å². The monoisotopic (exact) mass is 438 g/mol. The van der Waals surface area contributed by atoms with Crippen molar-refractivity contribution < 1.29 is 9.90 Å². The maximum Gasteiger partial charge on any atom is 0.307 e. The van der Waals surface area contributed by atoms with Crippen molar-refractivity contribution >= 4 is 22.5 Å². The van der Waals surface area contributed by atoms with Gasteiger partial charge in [-0.05, 0) is 42.4 Å². The van der Waals surface area contributed by atoms with Crippen LogP contribution in [-0.4, -0.2) is 30.7 Å². The SMILES string of the molecule is CCc1ccc(-c2nn3c([C@H]4[C@@H](C(=O)O)[C@H]5C=C[C@H]4C5)nc4ccccc4c3nc2=O)cc1. The van der Waals surface area contributed by atoms with Crippen molar-refractivity contribution in [1.29, 1.82) is 0 Å². The van der Waals surface area contributed by atoms with Gasteiger partial charge in [0.05, 0.1) is 11.4 Å². The Hall–Kier alpha value is -3.87. The van der Waals surface area contributed by atoms with Crippen LogP contribution in [0.2, 0.25) is 0 Å². The molecule has 2 aliphatic rings. The van der Waals surface area contributed by atoms with Crippen LogP contribution in [0, 0.1) is 17.8 Å². The smallest absolute Gasteiger partial charge is 0.307 e. The number of hydrogen-bond donors (Lipinski definition) is 1. The topological polar surface area (TPSA) is 97.5 Å². The molecule has 2 aliphatic carbocycles. The second-order valence-corrected chi connectivity index (χ2v) is 8.88. The lowest BCUT2D eigenvalue weighted by atomic mass is 9.82. The molecule has 0 saturated heterocycles. The molecule has 2 aromatic carbocycles. The van der Waals surface area contributed by atoms with Gasteiger partial charge in [-0.3, -0.25) is 9.59 Å². The van der Waals surface area contributed by atoms with E-state index in [0.29, 0.717) is 27.9 Å². The molecule has 6 rings (SSSR count). The summed E-state index contributed by atoms with van der Waals surface area (Å²) in [4.78, 5) is 34.6. The number of carboxylic acid groups (broad SMARTS) is 1. The van der Waals surface area contributed by atoms with E-state index in [1.807, 2.05) is 54.6 Å². The normalized spacial score (nSPS) is 23.5. The third kappa shape index (κ3) is 2.99. The van der Waals surface area contributed by atoms with Crippen LogP contribution < -0.4 is 5.56 Å². The largest absolute Gasteiger partial charge is 0.481 e. The van der Waals surface area contributed by atoms with E-state index in [1.165, 1.54) is 5.56 Å². The van der Waals surface area contributed by atoms with Gasteiger partial charge in [0, 0.05) is 16.9 Å². The Morgan fingerprint density at radius 3 is 2.58 bits per heavy atom. The molecule has 0 unspecified atom stereocenters. The van der Waals surface area contributed by atoms with E-state index in [1.54, 1.807) is 4.52 Å². The number of nitrogens with zero attached hydrogens (tertiary/aromatic N) is 4. The summed E-state index contributed by atoms with van der Waals surface area (Å²) in [6, 6.07) is 15.2. The van der Waals surface area contributed by atoms with Gasteiger partial charge in [-0.1, -0.05) is 55.5 Å². The molecule has 0 spiro atoms. The zero-order valence-corrected chi connectivity index (χ0v) is 18.0. The van der Waals surface area contributed by atoms with Gasteiger partial charge in [-0.15, -0.1) is 0 Å². The first kappa shape index (κ1) is 19.8. The maximum absolute atomic E-state index is 13.1. The summed E-state index contributed by atoms with van der Waals surface area (Å²) in [5.74, 6) is -1.14. The Labute approximate surface area is 189 Å². The highest BCUT2D eigenvalue weighted by molar-refractivity contribution is 5.91. The number of hydrogen-bond acceptors (Lipinski definition) is 5. The number of allylic oxidation sites excluding steroid dienone is 2. The highest BCUT2D eigenvalue weighted by atomic mass is 16.4. The molecule has 2 heterocycles. The highest BCUT2D eigenvalue weighted by Crippen LogP contribution is 2.52. The molecule has 7 heteroatoms. The van der Waals surface area contributed by atoms with Crippen molar-refractivity contribution in [3.63, 3.8) is 0 Å².